The van der Waals surface area contributed by atoms with Crippen LogP contribution in [0.15, 0.2) is 61.1 Å². The molecule has 1 unspecified atom stereocenters. The predicted octanol–water partition coefficient (Wildman–Crippen LogP) is 4.66. The highest BCUT2D eigenvalue weighted by Gasteiger charge is 2.35. The van der Waals surface area contributed by atoms with Crippen molar-refractivity contribution in [3.8, 4) is 16.8 Å². The van der Waals surface area contributed by atoms with Crippen molar-refractivity contribution in [3.63, 3.8) is 0 Å². The van der Waals surface area contributed by atoms with Crippen molar-refractivity contribution in [2.75, 3.05) is 0 Å². The number of hydrogen-bond acceptors (Lipinski definition) is 6. The highest BCUT2D eigenvalue weighted by atomic mass is 35.5. The van der Waals surface area contributed by atoms with E-state index in [-0.39, 0.29) is 22.8 Å². The van der Waals surface area contributed by atoms with E-state index in [9.17, 15) is 14.8 Å². The summed E-state index contributed by atoms with van der Waals surface area (Å²) in [6, 6.07) is 12.9. The molecule has 0 radical (unpaired) electrons. The highest BCUT2D eigenvalue weighted by Crippen LogP contribution is 2.39. The van der Waals surface area contributed by atoms with Gasteiger partial charge in [-0.2, -0.15) is 9.41 Å². The molecule has 188 valence electrons. The van der Waals surface area contributed by atoms with E-state index in [1.807, 2.05) is 0 Å². The van der Waals surface area contributed by atoms with Gasteiger partial charge in [-0.05, 0) is 64.7 Å². The monoisotopic (exact) mass is 537 g/mol. The first kappa shape index (κ1) is 24.9. The van der Waals surface area contributed by atoms with Crippen molar-refractivity contribution in [3.05, 3.63) is 93.1 Å². The number of hydrogen-bond donors (Lipinski definition) is 1. The van der Waals surface area contributed by atoms with Gasteiger partial charge in [-0.3, -0.25) is 4.79 Å². The fourth-order valence-corrected chi connectivity index (χ4v) is 4.79. The maximum atomic E-state index is 13.4. The molecule has 0 aliphatic heterocycles. The van der Waals surface area contributed by atoms with Crippen molar-refractivity contribution in [1.29, 1.82) is 0 Å². The Bertz CT molecular complexity index is 1490. The summed E-state index contributed by atoms with van der Waals surface area (Å²) < 4.78 is 2.22. The molecule has 1 atom stereocenters. The fourth-order valence-electron chi connectivity index (χ4n) is 4.37. The van der Waals surface area contributed by atoms with Gasteiger partial charge in [-0.15, -0.1) is 5.10 Å². The SMILES string of the molecule is O=C(O)c1ccc(CC(=O)C(CC2CC2)c2ccc(-c3cc(Cl)ccc3-n3cnnn3)c[n+]2[O-])c(Cl)c1. The number of aromatic carboxylic acids is 1. The summed E-state index contributed by atoms with van der Waals surface area (Å²) in [4.78, 5) is 24.6. The minimum atomic E-state index is -1.10. The van der Waals surface area contributed by atoms with Crippen LogP contribution in [0.25, 0.3) is 16.8 Å². The second kappa shape index (κ2) is 10.3. The van der Waals surface area contributed by atoms with E-state index in [1.54, 1.807) is 36.4 Å². The maximum absolute atomic E-state index is 13.4. The summed E-state index contributed by atoms with van der Waals surface area (Å²) in [7, 11) is 0. The van der Waals surface area contributed by atoms with E-state index in [1.165, 1.54) is 29.3 Å². The van der Waals surface area contributed by atoms with Gasteiger partial charge in [0.15, 0.2) is 12.0 Å². The molecule has 1 saturated carbocycles. The number of Topliss-reactive ketones (excluding diaryl/α,β-unsaturated/α-hetero) is 1. The first-order chi connectivity index (χ1) is 17.8. The van der Waals surface area contributed by atoms with Crippen LogP contribution in [0.2, 0.25) is 10.0 Å². The topological polar surface area (TPSA) is 125 Å². The molecule has 2 heterocycles. The van der Waals surface area contributed by atoms with Crippen molar-refractivity contribution in [2.24, 2.45) is 5.92 Å². The number of aromatic nitrogens is 5. The third-order valence-corrected chi connectivity index (χ3v) is 7.07. The minimum absolute atomic E-state index is 0.00435. The van der Waals surface area contributed by atoms with Gasteiger partial charge in [0.25, 0.3) is 0 Å². The lowest BCUT2D eigenvalue weighted by Crippen LogP contribution is -2.36. The Morgan fingerprint density at radius 2 is 1.95 bits per heavy atom. The van der Waals surface area contributed by atoms with Gasteiger partial charge in [-0.25, -0.2) is 4.79 Å². The molecular formula is C26H21Cl2N5O4. The number of rotatable bonds is 9. The normalized spacial score (nSPS) is 13.9. The van der Waals surface area contributed by atoms with Crippen molar-refractivity contribution in [2.45, 2.75) is 31.6 Å². The van der Waals surface area contributed by atoms with Gasteiger partial charge < -0.3 is 10.3 Å². The summed E-state index contributed by atoms with van der Waals surface area (Å²) in [6.07, 6.45) is 5.48. The molecule has 0 saturated heterocycles. The van der Waals surface area contributed by atoms with Gasteiger partial charge in [0, 0.05) is 33.7 Å². The van der Waals surface area contributed by atoms with E-state index in [4.69, 9.17) is 28.3 Å². The summed E-state index contributed by atoms with van der Waals surface area (Å²) >= 11 is 12.5. The number of carbonyl (C=O) groups excluding carboxylic acids is 1. The Kier molecular flexibility index (Phi) is 6.90. The second-order valence-corrected chi connectivity index (χ2v) is 9.91. The number of ketones is 1. The quantitative estimate of drug-likeness (QED) is 0.243. The van der Waals surface area contributed by atoms with E-state index >= 15 is 0 Å². The predicted molar refractivity (Wildman–Crippen MR) is 136 cm³/mol. The Morgan fingerprint density at radius 3 is 2.59 bits per heavy atom. The van der Waals surface area contributed by atoms with Gasteiger partial charge in [0.1, 0.15) is 12.2 Å². The molecule has 11 heteroatoms. The van der Waals surface area contributed by atoms with E-state index in [0.717, 1.165) is 17.6 Å². The molecule has 5 rings (SSSR count). The Hall–Kier alpha value is -3.82. The standard InChI is InChI=1S/C26H21Cl2N5O4/c27-19-6-8-23(32-14-29-30-31-32)20(12-19)18-5-7-24(33(37)13-18)21(9-15-1-2-15)25(34)11-16-3-4-17(26(35)36)10-22(16)28/h3-8,10,12-15,21H,1-2,9,11H2,(H,35,36). The van der Waals surface area contributed by atoms with Gasteiger partial charge in [0.2, 0.25) is 5.69 Å². The van der Waals surface area contributed by atoms with E-state index in [0.29, 0.717) is 45.4 Å². The van der Waals surface area contributed by atoms with Crippen LogP contribution in [0, 0.1) is 11.1 Å². The largest absolute Gasteiger partial charge is 0.618 e. The number of pyridine rings is 1. The number of tetrazole rings is 1. The van der Waals surface area contributed by atoms with Crippen molar-refractivity contribution < 1.29 is 19.4 Å². The molecule has 0 spiro atoms. The molecule has 0 bridgehead atoms. The smallest absolute Gasteiger partial charge is 0.335 e. The van der Waals surface area contributed by atoms with Crippen LogP contribution in [0.5, 0.6) is 0 Å². The van der Waals surface area contributed by atoms with Crippen LogP contribution in [-0.2, 0) is 11.2 Å². The van der Waals surface area contributed by atoms with Crippen molar-refractivity contribution in [1.82, 2.24) is 20.2 Å². The minimum Gasteiger partial charge on any atom is -0.618 e. The molecule has 1 aliphatic carbocycles. The average Bonchev–Trinajstić information content (AvgIpc) is 3.53. The van der Waals surface area contributed by atoms with Crippen LogP contribution in [0.1, 0.15) is 46.8 Å². The summed E-state index contributed by atoms with van der Waals surface area (Å²) in [6.45, 7) is 0. The summed E-state index contributed by atoms with van der Waals surface area (Å²) in [5, 5.41) is 34.4. The molecule has 1 N–H and O–H groups in total. The first-order valence-electron chi connectivity index (χ1n) is 11.6. The molecule has 9 nitrogen and oxygen atoms in total. The number of carboxylic acids is 1. The zero-order valence-corrected chi connectivity index (χ0v) is 20.9. The number of halogens is 2. The number of benzene rings is 2. The molecule has 4 aromatic rings. The van der Waals surface area contributed by atoms with Crippen LogP contribution < -0.4 is 4.73 Å². The van der Waals surface area contributed by atoms with Crippen LogP contribution in [0.4, 0.5) is 0 Å². The zero-order chi connectivity index (χ0) is 26.1. The van der Waals surface area contributed by atoms with Crippen molar-refractivity contribution >= 4 is 35.0 Å². The van der Waals surface area contributed by atoms with Gasteiger partial charge >= 0.3 is 5.97 Å². The molecule has 37 heavy (non-hydrogen) atoms. The highest BCUT2D eigenvalue weighted by molar-refractivity contribution is 6.32. The first-order valence-corrected chi connectivity index (χ1v) is 12.4. The van der Waals surface area contributed by atoms with Crippen LogP contribution in [0.3, 0.4) is 0 Å². The second-order valence-electron chi connectivity index (χ2n) is 9.07. The lowest BCUT2D eigenvalue weighted by molar-refractivity contribution is -0.614. The van der Waals surface area contributed by atoms with E-state index < -0.39 is 11.9 Å². The zero-order valence-electron chi connectivity index (χ0n) is 19.4. The molecular weight excluding hydrogens is 517 g/mol. The lowest BCUT2D eigenvalue weighted by atomic mass is 9.89. The summed E-state index contributed by atoms with van der Waals surface area (Å²) in [5.74, 6) is -1.47. The average molecular weight is 538 g/mol. The molecule has 1 aliphatic rings. The molecule has 2 aromatic heterocycles. The Labute approximate surface area is 221 Å². The summed E-state index contributed by atoms with van der Waals surface area (Å²) in [5.41, 5.74) is 2.82. The molecule has 2 aromatic carbocycles. The molecule has 0 amide bonds. The van der Waals surface area contributed by atoms with E-state index in [2.05, 4.69) is 15.5 Å². The fraction of sp³-hybridized carbons (Fsp3) is 0.231. The lowest BCUT2D eigenvalue weighted by Gasteiger charge is -2.17. The molecule has 1 fully saturated rings. The third kappa shape index (κ3) is 5.47. The Balaban J connectivity index is 1.46. The number of carboxylic acid groups (broad SMARTS) is 1. The third-order valence-electron chi connectivity index (χ3n) is 6.49. The number of nitrogens with zero attached hydrogens (tertiary/aromatic N) is 5. The van der Waals surface area contributed by atoms with Gasteiger partial charge in [0.05, 0.1) is 11.3 Å². The number of carbonyl (C=O) groups is 2. The van der Waals surface area contributed by atoms with Gasteiger partial charge in [-0.1, -0.05) is 42.1 Å². The maximum Gasteiger partial charge on any atom is 0.335 e. The van der Waals surface area contributed by atoms with Crippen LogP contribution in [-0.4, -0.2) is 37.1 Å². The Morgan fingerprint density at radius 1 is 1.14 bits per heavy atom. The van der Waals surface area contributed by atoms with Crippen LogP contribution >= 0.6 is 23.2 Å².